The largest absolute Gasteiger partial charge is 0.471 e. The quantitative estimate of drug-likeness (QED) is 0.772. The van der Waals surface area contributed by atoms with Crippen LogP contribution in [0.2, 0.25) is 0 Å². The van der Waals surface area contributed by atoms with Gasteiger partial charge in [-0.25, -0.2) is 0 Å². The predicted octanol–water partition coefficient (Wildman–Crippen LogP) is 3.79. The van der Waals surface area contributed by atoms with Gasteiger partial charge in [-0.2, -0.15) is 13.2 Å². The lowest BCUT2D eigenvalue weighted by atomic mass is 10.2. The summed E-state index contributed by atoms with van der Waals surface area (Å²) in [6, 6.07) is 2.57. The monoisotopic (exact) mass is 277 g/mol. The second kappa shape index (κ2) is 8.50. The first-order valence-corrected chi connectivity index (χ1v) is 5.98. The third kappa shape index (κ3) is 6.79. The van der Waals surface area contributed by atoms with Gasteiger partial charge in [0.1, 0.15) is 5.69 Å². The number of ether oxygens (including phenoxy) is 1. The van der Waals surface area contributed by atoms with Crippen molar-refractivity contribution in [1.82, 2.24) is 4.98 Å². The number of alkyl halides is 3. The van der Waals surface area contributed by atoms with Gasteiger partial charge < -0.3 is 4.74 Å². The lowest BCUT2D eigenvalue weighted by molar-refractivity contribution is -0.141. The summed E-state index contributed by atoms with van der Waals surface area (Å²) in [6.07, 6.45) is -0.831. The number of pyridine rings is 1. The highest BCUT2D eigenvalue weighted by Crippen LogP contribution is 2.40. The summed E-state index contributed by atoms with van der Waals surface area (Å²) in [5, 5.41) is 0. The van der Waals surface area contributed by atoms with E-state index in [9.17, 15) is 13.2 Å². The molecule has 1 heterocycles. The summed E-state index contributed by atoms with van der Waals surface area (Å²) in [5.41, 5.74) is 0.116. The van der Waals surface area contributed by atoms with Crippen molar-refractivity contribution in [2.75, 3.05) is 7.11 Å². The molecule has 0 radical (unpaired) electrons. The Morgan fingerprint density at radius 2 is 1.84 bits per heavy atom. The first kappa shape index (κ1) is 17.4. The van der Waals surface area contributed by atoms with E-state index in [1.807, 2.05) is 13.8 Å². The number of nitrogens with zero attached hydrogens (tertiary/aromatic N) is 1. The molecule has 0 atom stereocenters. The Bertz CT molecular complexity index is 359. The molecular weight excluding hydrogens is 259 g/mol. The fourth-order valence-electron chi connectivity index (χ4n) is 1.23. The number of rotatable bonds is 2. The summed E-state index contributed by atoms with van der Waals surface area (Å²) in [4.78, 5) is 12.3. The van der Waals surface area contributed by atoms with Crippen LogP contribution in [0, 0.1) is 0 Å². The topological polar surface area (TPSA) is 39.2 Å². The van der Waals surface area contributed by atoms with E-state index in [2.05, 4.69) is 9.72 Å². The second-order valence-electron chi connectivity index (χ2n) is 3.58. The number of aromatic nitrogens is 1. The summed E-state index contributed by atoms with van der Waals surface area (Å²) >= 11 is 0. The Morgan fingerprint density at radius 1 is 1.32 bits per heavy atom. The number of halogens is 3. The Morgan fingerprint density at radius 3 is 2.11 bits per heavy atom. The third-order valence-corrected chi connectivity index (χ3v) is 2.22. The normalized spacial score (nSPS) is 13.4. The molecular formula is C13H18F3NO2. The lowest BCUT2D eigenvalue weighted by Crippen LogP contribution is -2.07. The Hall–Kier alpha value is -1.59. The molecule has 2 rings (SSSR count). The minimum Gasteiger partial charge on any atom is -0.471 e. The van der Waals surface area contributed by atoms with Crippen LogP contribution >= 0.6 is 0 Å². The zero-order valence-electron chi connectivity index (χ0n) is 11.2. The minimum atomic E-state index is -4.32. The van der Waals surface area contributed by atoms with Gasteiger partial charge in [0.25, 0.3) is 6.47 Å². The zero-order valence-corrected chi connectivity index (χ0v) is 11.2. The molecule has 6 heteroatoms. The van der Waals surface area contributed by atoms with Gasteiger partial charge in [-0.05, 0) is 30.4 Å². The predicted molar refractivity (Wildman–Crippen MR) is 65.6 cm³/mol. The van der Waals surface area contributed by atoms with Crippen LogP contribution in [0.5, 0.6) is 0 Å². The van der Waals surface area contributed by atoms with Crippen LogP contribution in [-0.4, -0.2) is 18.6 Å². The highest BCUT2D eigenvalue weighted by molar-refractivity contribution is 5.36. The van der Waals surface area contributed by atoms with Gasteiger partial charge in [0.15, 0.2) is 0 Å². The van der Waals surface area contributed by atoms with Crippen molar-refractivity contribution < 1.29 is 22.7 Å². The molecule has 0 unspecified atom stereocenters. The minimum absolute atomic E-state index is 0.375. The van der Waals surface area contributed by atoms with Crippen molar-refractivity contribution in [3.05, 3.63) is 29.6 Å². The molecule has 0 aliphatic heterocycles. The van der Waals surface area contributed by atoms with E-state index in [1.165, 1.54) is 19.4 Å². The summed E-state index contributed by atoms with van der Waals surface area (Å²) in [7, 11) is 1.31. The van der Waals surface area contributed by atoms with Crippen LogP contribution in [0.4, 0.5) is 13.2 Å². The van der Waals surface area contributed by atoms with E-state index in [-0.39, 0.29) is 0 Å². The smallest absolute Gasteiger partial charge is 0.433 e. The van der Waals surface area contributed by atoms with Gasteiger partial charge in [-0.1, -0.05) is 19.9 Å². The summed E-state index contributed by atoms with van der Waals surface area (Å²) in [5.74, 6) is 0.454. The lowest BCUT2D eigenvalue weighted by Gasteiger charge is -2.05. The molecule has 0 N–H and O–H groups in total. The van der Waals surface area contributed by atoms with E-state index < -0.39 is 11.9 Å². The average Bonchev–Trinajstić information content (AvgIpc) is 3.25. The van der Waals surface area contributed by atoms with Gasteiger partial charge in [0.2, 0.25) is 0 Å². The van der Waals surface area contributed by atoms with Gasteiger partial charge in [0, 0.05) is 6.20 Å². The molecule has 1 fully saturated rings. The molecule has 108 valence electrons. The summed E-state index contributed by atoms with van der Waals surface area (Å²) in [6.45, 7) is 4.38. The molecule has 0 aromatic carbocycles. The van der Waals surface area contributed by atoms with E-state index in [1.54, 1.807) is 0 Å². The van der Waals surface area contributed by atoms with Gasteiger partial charge in [-0.15, -0.1) is 0 Å². The van der Waals surface area contributed by atoms with Crippen LogP contribution in [0.15, 0.2) is 18.3 Å². The fraction of sp³-hybridized carbons (Fsp3) is 0.538. The maximum Gasteiger partial charge on any atom is 0.433 e. The summed E-state index contributed by atoms with van der Waals surface area (Å²) < 4.78 is 40.1. The number of methoxy groups -OCH3 is 1. The average molecular weight is 277 g/mol. The molecule has 3 nitrogen and oxygen atoms in total. The number of carbonyl (C=O) groups excluding carboxylic acids is 1. The van der Waals surface area contributed by atoms with E-state index >= 15 is 0 Å². The van der Waals surface area contributed by atoms with Gasteiger partial charge in [0.05, 0.1) is 7.11 Å². The van der Waals surface area contributed by atoms with Gasteiger partial charge >= 0.3 is 6.18 Å². The van der Waals surface area contributed by atoms with Crippen molar-refractivity contribution in [3.8, 4) is 0 Å². The third-order valence-electron chi connectivity index (χ3n) is 2.22. The standard InChI is InChI=1S/C9H8F3N.C2H4O2.C2H6/c10-9(11,12)8-4-3-7(5-13-8)6-1-2-6;1-4-2-3;1-2/h3-6H,1-2H2;2H,1H3;1-2H3. The number of hydrogen-bond donors (Lipinski definition) is 0. The molecule has 1 aromatic rings. The zero-order chi connectivity index (χ0) is 14.9. The van der Waals surface area contributed by atoms with Crippen LogP contribution < -0.4 is 0 Å². The van der Waals surface area contributed by atoms with E-state index in [4.69, 9.17) is 4.79 Å². The molecule has 1 aliphatic rings. The SMILES string of the molecule is CC.COC=O.FC(F)(F)c1ccc(C2CC2)cn1. The Balaban J connectivity index is 0.000000467. The first-order chi connectivity index (χ1) is 8.99. The molecule has 1 aromatic heterocycles. The maximum atomic E-state index is 12.1. The van der Waals surface area contributed by atoms with Crippen molar-refractivity contribution in [2.45, 2.75) is 38.8 Å². The highest BCUT2D eigenvalue weighted by Gasteiger charge is 2.33. The van der Waals surface area contributed by atoms with Crippen molar-refractivity contribution >= 4 is 6.47 Å². The molecule has 19 heavy (non-hydrogen) atoms. The highest BCUT2D eigenvalue weighted by atomic mass is 19.4. The molecule has 1 saturated carbocycles. The van der Waals surface area contributed by atoms with Crippen molar-refractivity contribution in [1.29, 1.82) is 0 Å². The fourth-order valence-corrected chi connectivity index (χ4v) is 1.23. The van der Waals surface area contributed by atoms with E-state index in [0.717, 1.165) is 24.5 Å². The second-order valence-corrected chi connectivity index (χ2v) is 3.58. The van der Waals surface area contributed by atoms with Crippen molar-refractivity contribution in [3.63, 3.8) is 0 Å². The van der Waals surface area contributed by atoms with Crippen molar-refractivity contribution in [2.24, 2.45) is 0 Å². The van der Waals surface area contributed by atoms with E-state index in [0.29, 0.717) is 12.4 Å². The molecule has 1 aliphatic carbocycles. The van der Waals surface area contributed by atoms with Crippen LogP contribution in [-0.2, 0) is 15.7 Å². The molecule has 0 spiro atoms. The molecule has 0 bridgehead atoms. The molecule has 0 saturated heterocycles. The van der Waals surface area contributed by atoms with Crippen LogP contribution in [0.1, 0.15) is 43.9 Å². The number of carbonyl (C=O) groups is 1. The maximum absolute atomic E-state index is 12.1. The Kier molecular flexibility index (Phi) is 7.79. The number of hydrogen-bond acceptors (Lipinski definition) is 3. The van der Waals surface area contributed by atoms with Crippen LogP contribution in [0.25, 0.3) is 0 Å². The Labute approximate surface area is 110 Å². The van der Waals surface area contributed by atoms with Crippen LogP contribution in [0.3, 0.4) is 0 Å². The van der Waals surface area contributed by atoms with Gasteiger partial charge in [-0.3, -0.25) is 9.78 Å². The first-order valence-electron chi connectivity index (χ1n) is 5.98. The molecule has 0 amide bonds.